The third-order valence-electron chi connectivity index (χ3n) is 2.76. The number of ketones is 2. The minimum absolute atomic E-state index is 0. The SMILES string of the molecule is O=C(/C=C/c1ccccc1)[CH-]C(=O)/C=C/c1ccccc1.[Ba+2].[Ba+2].[H-].[H-]. The molecule has 0 fully saturated rings. The maximum atomic E-state index is 11.6. The van der Waals surface area contributed by atoms with E-state index < -0.39 is 0 Å². The Morgan fingerprint density at radius 1 is 0.696 bits per heavy atom. The van der Waals surface area contributed by atoms with Gasteiger partial charge in [0.2, 0.25) is 0 Å². The average Bonchev–Trinajstić information content (AvgIpc) is 2.53. The number of benzene rings is 2. The van der Waals surface area contributed by atoms with Gasteiger partial charge in [0, 0.05) is 0 Å². The van der Waals surface area contributed by atoms with Gasteiger partial charge in [-0.05, 0) is 11.1 Å². The van der Waals surface area contributed by atoms with Gasteiger partial charge in [0.25, 0.3) is 0 Å². The van der Waals surface area contributed by atoms with Gasteiger partial charge in [-0.2, -0.15) is 0 Å². The molecule has 0 radical (unpaired) electrons. The summed E-state index contributed by atoms with van der Waals surface area (Å²) in [6, 6.07) is 18.9. The van der Waals surface area contributed by atoms with Gasteiger partial charge in [-0.3, -0.25) is 0 Å². The van der Waals surface area contributed by atoms with E-state index in [0.717, 1.165) is 17.5 Å². The van der Waals surface area contributed by atoms with E-state index in [2.05, 4.69) is 0 Å². The van der Waals surface area contributed by atoms with Crippen molar-refractivity contribution >= 4 is 121 Å². The summed E-state index contributed by atoms with van der Waals surface area (Å²) in [6.07, 6.45) is 7.24. The van der Waals surface area contributed by atoms with Crippen molar-refractivity contribution < 1.29 is 12.4 Å². The molecule has 0 aromatic heterocycles. The van der Waals surface area contributed by atoms with Gasteiger partial charge in [0.15, 0.2) is 0 Å². The molecular weight excluding hydrogens is 535 g/mol. The number of allylic oxidation sites excluding steroid dienone is 2. The molecule has 0 unspecified atom stereocenters. The van der Waals surface area contributed by atoms with Gasteiger partial charge < -0.3 is 12.4 Å². The second kappa shape index (κ2) is 13.6. The molecule has 0 aliphatic carbocycles. The van der Waals surface area contributed by atoms with E-state index in [1.54, 1.807) is 12.2 Å². The third-order valence-corrected chi connectivity index (χ3v) is 2.76. The Hall–Kier alpha value is 0.273. The van der Waals surface area contributed by atoms with Crippen molar-refractivity contribution in [2.24, 2.45) is 0 Å². The Bertz CT molecular complexity index is 613. The molecule has 108 valence electrons. The minimum Gasteiger partial charge on any atom is -1.00 e. The first kappa shape index (κ1) is 23.3. The minimum atomic E-state index is -0.318. The maximum Gasteiger partial charge on any atom is 2.00 e. The van der Waals surface area contributed by atoms with Crippen LogP contribution in [0.4, 0.5) is 0 Å². The first-order valence-corrected chi connectivity index (χ1v) is 6.63. The summed E-state index contributed by atoms with van der Waals surface area (Å²) < 4.78 is 0. The van der Waals surface area contributed by atoms with Crippen molar-refractivity contribution in [3.05, 3.63) is 90.4 Å². The van der Waals surface area contributed by atoms with Gasteiger partial charge in [0.1, 0.15) is 0 Å². The van der Waals surface area contributed by atoms with E-state index in [1.807, 2.05) is 60.7 Å². The molecule has 2 aromatic carbocycles. The number of rotatable bonds is 6. The first-order chi connectivity index (χ1) is 10.2. The fourth-order valence-electron chi connectivity index (χ4n) is 1.72. The van der Waals surface area contributed by atoms with Gasteiger partial charge in [-0.25, -0.2) is 0 Å². The van der Waals surface area contributed by atoms with Gasteiger partial charge in [0.05, 0.1) is 11.6 Å². The van der Waals surface area contributed by atoms with Crippen LogP contribution in [-0.4, -0.2) is 109 Å². The smallest absolute Gasteiger partial charge is 1.00 e. The summed E-state index contributed by atoms with van der Waals surface area (Å²) in [5, 5.41) is 0. The van der Waals surface area contributed by atoms with Crippen LogP contribution in [0.15, 0.2) is 72.8 Å². The number of carbonyl (C=O) groups excluding carboxylic acids is 2. The molecule has 0 saturated carbocycles. The molecule has 0 atom stereocenters. The van der Waals surface area contributed by atoms with Crippen molar-refractivity contribution in [1.82, 2.24) is 0 Å². The van der Waals surface area contributed by atoms with E-state index >= 15 is 0 Å². The van der Waals surface area contributed by atoms with Crippen LogP contribution >= 0.6 is 0 Å². The van der Waals surface area contributed by atoms with E-state index in [1.165, 1.54) is 12.2 Å². The summed E-state index contributed by atoms with van der Waals surface area (Å²) in [5.41, 5.74) is 1.85. The van der Waals surface area contributed by atoms with Crippen LogP contribution in [0.25, 0.3) is 12.2 Å². The Labute approximate surface area is 220 Å². The molecule has 4 heteroatoms. The molecule has 0 N–H and O–H groups in total. The molecule has 0 saturated heterocycles. The second-order valence-corrected chi connectivity index (χ2v) is 4.44. The van der Waals surface area contributed by atoms with Crippen LogP contribution in [0.2, 0.25) is 0 Å². The fourth-order valence-corrected chi connectivity index (χ4v) is 1.72. The van der Waals surface area contributed by atoms with Crippen LogP contribution in [-0.2, 0) is 9.59 Å². The molecule has 0 amide bonds. The van der Waals surface area contributed by atoms with Crippen LogP contribution in [0.3, 0.4) is 0 Å². The normalized spacial score (nSPS) is 9.91. The standard InChI is InChI=1S/C19H15O2.2Ba.2H/c20-18(13-11-16-7-3-1-4-8-16)15-19(21)14-12-17-9-5-2-6-10-17;;;;/h1-15H;;;;/q-1;2*+2;2*-1/b13-11+,14-12+;;;;. The van der Waals surface area contributed by atoms with Gasteiger partial charge in [-0.1, -0.05) is 67.1 Å². The van der Waals surface area contributed by atoms with Crippen LogP contribution in [0.1, 0.15) is 14.0 Å². The summed E-state index contributed by atoms with van der Waals surface area (Å²) >= 11 is 0. The predicted octanol–water partition coefficient (Wildman–Crippen LogP) is 3.22. The van der Waals surface area contributed by atoms with E-state index in [-0.39, 0.29) is 112 Å². The van der Waals surface area contributed by atoms with Crippen molar-refractivity contribution in [1.29, 1.82) is 0 Å². The van der Waals surface area contributed by atoms with Gasteiger partial charge in [-0.15, -0.1) is 24.3 Å². The quantitative estimate of drug-likeness (QED) is 0.239. The number of hydrogen-bond acceptors (Lipinski definition) is 2. The zero-order valence-electron chi connectivity index (χ0n) is 14.9. The largest absolute Gasteiger partial charge is 2.00 e. The van der Waals surface area contributed by atoms with Crippen molar-refractivity contribution in [3.8, 4) is 0 Å². The summed E-state index contributed by atoms with van der Waals surface area (Å²) in [5.74, 6) is -0.636. The molecule has 0 heterocycles. The number of hydrogen-bond donors (Lipinski definition) is 0. The predicted molar refractivity (Wildman–Crippen MR) is 99.0 cm³/mol. The van der Waals surface area contributed by atoms with E-state index in [0.29, 0.717) is 0 Å². The third kappa shape index (κ3) is 9.99. The zero-order valence-corrected chi connectivity index (χ0v) is 21.8. The Balaban J connectivity index is -0.00000121. The summed E-state index contributed by atoms with van der Waals surface area (Å²) in [6.45, 7) is 0. The molecule has 2 rings (SSSR count). The first-order valence-electron chi connectivity index (χ1n) is 6.63. The second-order valence-electron chi connectivity index (χ2n) is 4.44. The van der Waals surface area contributed by atoms with Gasteiger partial charge >= 0.3 is 97.8 Å². The maximum absolute atomic E-state index is 11.6. The Kier molecular flexibility index (Phi) is 13.7. The Morgan fingerprint density at radius 3 is 1.39 bits per heavy atom. The zero-order chi connectivity index (χ0) is 14.9. The molecule has 0 aliphatic heterocycles. The monoisotopic (exact) mass is 553 g/mol. The molecule has 2 aromatic rings. The van der Waals surface area contributed by atoms with E-state index in [4.69, 9.17) is 0 Å². The Morgan fingerprint density at radius 2 is 1.04 bits per heavy atom. The molecule has 2 nitrogen and oxygen atoms in total. The van der Waals surface area contributed by atoms with Crippen LogP contribution in [0.5, 0.6) is 0 Å². The molecule has 0 spiro atoms. The average molecular weight is 552 g/mol. The number of carbonyl (C=O) groups is 2. The topological polar surface area (TPSA) is 34.1 Å². The summed E-state index contributed by atoms with van der Waals surface area (Å²) in [4.78, 5) is 23.3. The van der Waals surface area contributed by atoms with Crippen LogP contribution in [0, 0.1) is 6.42 Å². The molecule has 0 bridgehead atoms. The van der Waals surface area contributed by atoms with E-state index in [9.17, 15) is 9.59 Å². The fraction of sp³-hybridized carbons (Fsp3) is 0. The van der Waals surface area contributed by atoms with Crippen molar-refractivity contribution in [2.45, 2.75) is 0 Å². The van der Waals surface area contributed by atoms with Crippen molar-refractivity contribution in [3.63, 3.8) is 0 Å². The molecule has 0 aliphatic rings. The summed E-state index contributed by atoms with van der Waals surface area (Å²) in [7, 11) is 0. The molecular formula is C19H17Ba2O2+. The van der Waals surface area contributed by atoms with Crippen LogP contribution < -0.4 is 0 Å². The van der Waals surface area contributed by atoms with Crippen molar-refractivity contribution in [2.75, 3.05) is 0 Å². The molecule has 23 heavy (non-hydrogen) atoms.